The van der Waals surface area contributed by atoms with Crippen molar-refractivity contribution in [1.82, 2.24) is 15.5 Å². The Kier molecular flexibility index (Phi) is 8.36. The Labute approximate surface area is 191 Å². The summed E-state index contributed by atoms with van der Waals surface area (Å²) in [7, 11) is 5.25. The van der Waals surface area contributed by atoms with E-state index >= 15 is 0 Å². The smallest absolute Gasteiger partial charge is 0.253 e. The topological polar surface area (TPSA) is 69.2 Å². The van der Waals surface area contributed by atoms with E-state index in [2.05, 4.69) is 28.5 Å². The maximum Gasteiger partial charge on any atom is 0.253 e. The number of benzene rings is 2. The second-order valence-corrected chi connectivity index (χ2v) is 8.16. The molecule has 172 valence electrons. The lowest BCUT2D eigenvalue weighted by molar-refractivity contribution is 0.0827. The summed E-state index contributed by atoms with van der Waals surface area (Å²) in [6, 6.07) is 16.3. The van der Waals surface area contributed by atoms with Gasteiger partial charge in [0, 0.05) is 51.9 Å². The molecule has 32 heavy (non-hydrogen) atoms. The number of aliphatic imine (C=N–C) groups is 1. The number of methoxy groups -OCH3 is 1. The van der Waals surface area contributed by atoms with Gasteiger partial charge in [-0.25, -0.2) is 0 Å². The van der Waals surface area contributed by atoms with Crippen molar-refractivity contribution in [1.29, 1.82) is 0 Å². The lowest BCUT2D eigenvalue weighted by atomic mass is 10.1. The molecular formula is C25H35N5O2. The molecule has 2 aromatic rings. The Morgan fingerprint density at radius 1 is 1.22 bits per heavy atom. The van der Waals surface area contributed by atoms with Crippen LogP contribution in [0, 0.1) is 0 Å². The number of guanidine groups is 1. The van der Waals surface area contributed by atoms with Gasteiger partial charge in [-0.05, 0) is 49.6 Å². The number of amides is 1. The van der Waals surface area contributed by atoms with Gasteiger partial charge in [0.05, 0.1) is 12.8 Å². The molecule has 0 bridgehead atoms. The number of rotatable bonds is 8. The Balaban J connectivity index is 1.58. The van der Waals surface area contributed by atoms with E-state index < -0.39 is 0 Å². The minimum absolute atomic E-state index is 0.0196. The molecular weight excluding hydrogens is 402 g/mol. The molecule has 7 heteroatoms. The van der Waals surface area contributed by atoms with E-state index in [0.29, 0.717) is 18.2 Å². The first-order valence-corrected chi connectivity index (χ1v) is 11.2. The van der Waals surface area contributed by atoms with E-state index in [-0.39, 0.29) is 5.91 Å². The molecule has 0 aromatic heterocycles. The van der Waals surface area contributed by atoms with Crippen molar-refractivity contribution in [3.8, 4) is 5.75 Å². The second-order valence-electron chi connectivity index (χ2n) is 8.16. The zero-order valence-electron chi connectivity index (χ0n) is 19.6. The Bertz CT molecular complexity index is 928. The van der Waals surface area contributed by atoms with E-state index in [9.17, 15) is 4.79 Å². The van der Waals surface area contributed by atoms with Crippen molar-refractivity contribution in [2.75, 3.05) is 52.3 Å². The van der Waals surface area contributed by atoms with Gasteiger partial charge in [0.1, 0.15) is 5.75 Å². The average Bonchev–Trinajstić information content (AvgIpc) is 3.27. The zero-order chi connectivity index (χ0) is 22.9. The molecule has 1 saturated heterocycles. The molecule has 2 aromatic carbocycles. The largest absolute Gasteiger partial charge is 0.495 e. The first kappa shape index (κ1) is 23.4. The van der Waals surface area contributed by atoms with Crippen molar-refractivity contribution >= 4 is 17.6 Å². The summed E-state index contributed by atoms with van der Waals surface area (Å²) in [4.78, 5) is 20.9. The van der Waals surface area contributed by atoms with Gasteiger partial charge in [0.25, 0.3) is 5.91 Å². The molecule has 7 nitrogen and oxygen atoms in total. The Morgan fingerprint density at radius 2 is 2.03 bits per heavy atom. The number of ether oxygens (including phenoxy) is 1. The van der Waals surface area contributed by atoms with Crippen molar-refractivity contribution in [3.63, 3.8) is 0 Å². The first-order chi connectivity index (χ1) is 15.5. The summed E-state index contributed by atoms with van der Waals surface area (Å²) in [6.07, 6.45) is 1.82. The van der Waals surface area contributed by atoms with Crippen LogP contribution in [0.2, 0.25) is 0 Å². The number of nitrogens with one attached hydrogen (secondary N) is 2. The van der Waals surface area contributed by atoms with Crippen molar-refractivity contribution in [2.24, 2.45) is 4.99 Å². The maximum absolute atomic E-state index is 12.2. The highest BCUT2D eigenvalue weighted by Gasteiger charge is 2.25. The number of carbonyl (C=O) groups is 1. The summed E-state index contributed by atoms with van der Waals surface area (Å²) >= 11 is 0. The van der Waals surface area contributed by atoms with Gasteiger partial charge in [-0.3, -0.25) is 9.79 Å². The molecule has 2 N–H and O–H groups in total. The molecule has 0 aliphatic carbocycles. The van der Waals surface area contributed by atoms with Crippen LogP contribution in [0.25, 0.3) is 0 Å². The van der Waals surface area contributed by atoms with Crippen LogP contribution in [-0.2, 0) is 6.42 Å². The van der Waals surface area contributed by atoms with Gasteiger partial charge < -0.3 is 25.2 Å². The Hall–Kier alpha value is -3.22. The van der Waals surface area contributed by atoms with E-state index in [1.165, 1.54) is 0 Å². The molecule has 1 atom stereocenters. The zero-order valence-corrected chi connectivity index (χ0v) is 19.6. The summed E-state index contributed by atoms with van der Waals surface area (Å²) in [6.45, 7) is 5.41. The summed E-state index contributed by atoms with van der Waals surface area (Å²) in [5.74, 6) is 1.76. The molecule has 1 fully saturated rings. The maximum atomic E-state index is 12.2. The van der Waals surface area contributed by atoms with Gasteiger partial charge >= 0.3 is 0 Å². The molecule has 0 radical (unpaired) electrons. The van der Waals surface area contributed by atoms with E-state index in [1.807, 2.05) is 42.5 Å². The fourth-order valence-corrected chi connectivity index (χ4v) is 3.92. The first-order valence-electron chi connectivity index (χ1n) is 11.2. The number of hydrogen-bond donors (Lipinski definition) is 2. The standard InChI is InChI=1S/C25H35N5O2/c1-5-26-25(27-15-13-19-9-8-10-20(17-19)24(31)29(2)3)28-21-14-16-30(18-21)22-11-6-7-12-23(22)32-4/h6-12,17,21H,5,13-16,18H2,1-4H3,(H2,26,27,28). The monoisotopic (exact) mass is 437 g/mol. The van der Waals surface area contributed by atoms with Gasteiger partial charge in [-0.2, -0.15) is 0 Å². The van der Waals surface area contributed by atoms with Gasteiger partial charge in [0.15, 0.2) is 5.96 Å². The fourth-order valence-electron chi connectivity index (χ4n) is 3.92. The van der Waals surface area contributed by atoms with Crippen molar-refractivity contribution in [3.05, 3.63) is 59.7 Å². The van der Waals surface area contributed by atoms with Crippen molar-refractivity contribution < 1.29 is 9.53 Å². The van der Waals surface area contributed by atoms with E-state index in [4.69, 9.17) is 9.73 Å². The van der Waals surface area contributed by atoms with Gasteiger partial charge in [-0.1, -0.05) is 24.3 Å². The summed E-state index contributed by atoms with van der Waals surface area (Å²) in [5, 5.41) is 6.93. The Morgan fingerprint density at radius 3 is 2.78 bits per heavy atom. The average molecular weight is 438 g/mol. The molecule has 0 spiro atoms. The molecule has 3 rings (SSSR count). The predicted molar refractivity (Wildman–Crippen MR) is 131 cm³/mol. The van der Waals surface area contributed by atoms with E-state index in [1.54, 1.807) is 26.1 Å². The van der Waals surface area contributed by atoms with Crippen LogP contribution < -0.4 is 20.3 Å². The van der Waals surface area contributed by atoms with Crippen LogP contribution in [-0.4, -0.2) is 70.2 Å². The third kappa shape index (κ3) is 6.15. The lowest BCUT2D eigenvalue weighted by Gasteiger charge is -2.22. The van der Waals surface area contributed by atoms with Crippen LogP contribution in [0.4, 0.5) is 5.69 Å². The minimum Gasteiger partial charge on any atom is -0.495 e. The second kappa shape index (κ2) is 11.4. The highest BCUT2D eigenvalue weighted by Crippen LogP contribution is 2.30. The van der Waals surface area contributed by atoms with Crippen LogP contribution in [0.15, 0.2) is 53.5 Å². The normalized spacial score (nSPS) is 16.1. The molecule has 1 unspecified atom stereocenters. The van der Waals surface area contributed by atoms with Crippen LogP contribution in [0.5, 0.6) is 5.75 Å². The van der Waals surface area contributed by atoms with Crippen LogP contribution >= 0.6 is 0 Å². The van der Waals surface area contributed by atoms with Crippen LogP contribution in [0.3, 0.4) is 0 Å². The number of hydrogen-bond acceptors (Lipinski definition) is 4. The molecule has 1 aliphatic rings. The van der Waals surface area contributed by atoms with Crippen LogP contribution in [0.1, 0.15) is 29.3 Å². The molecule has 0 saturated carbocycles. The molecule has 1 heterocycles. The minimum atomic E-state index is 0.0196. The van der Waals surface area contributed by atoms with E-state index in [0.717, 1.165) is 55.4 Å². The highest BCUT2D eigenvalue weighted by atomic mass is 16.5. The number of para-hydroxylation sites is 2. The number of nitrogens with zero attached hydrogens (tertiary/aromatic N) is 3. The summed E-state index contributed by atoms with van der Waals surface area (Å²) in [5.41, 5.74) is 2.96. The van der Waals surface area contributed by atoms with Gasteiger partial charge in [0.2, 0.25) is 0 Å². The van der Waals surface area contributed by atoms with Gasteiger partial charge in [-0.15, -0.1) is 0 Å². The third-order valence-corrected chi connectivity index (χ3v) is 5.55. The fraction of sp³-hybridized carbons (Fsp3) is 0.440. The summed E-state index contributed by atoms with van der Waals surface area (Å²) < 4.78 is 5.52. The SMILES string of the molecule is CCNC(=NCCc1cccc(C(=O)N(C)C)c1)NC1CCN(c2ccccc2OC)C1. The molecule has 1 amide bonds. The van der Waals surface area contributed by atoms with Crippen molar-refractivity contribution in [2.45, 2.75) is 25.8 Å². The number of carbonyl (C=O) groups excluding carboxylic acids is 1. The quantitative estimate of drug-likeness (QED) is 0.491. The molecule has 1 aliphatic heterocycles. The predicted octanol–water partition coefficient (Wildman–Crippen LogP) is 2.77. The lowest BCUT2D eigenvalue weighted by Crippen LogP contribution is -2.44. The highest BCUT2D eigenvalue weighted by molar-refractivity contribution is 5.94. The third-order valence-electron chi connectivity index (χ3n) is 5.55. The number of anilines is 1.